The fourth-order valence-electron chi connectivity index (χ4n) is 2.98. The minimum absolute atomic E-state index is 0.117. The van der Waals surface area contributed by atoms with Gasteiger partial charge in [-0.15, -0.1) is 0 Å². The molecule has 23 heavy (non-hydrogen) atoms. The van der Waals surface area contributed by atoms with Gasteiger partial charge in [-0.3, -0.25) is 19.7 Å². The van der Waals surface area contributed by atoms with Crippen LogP contribution in [0.4, 0.5) is 5.69 Å². The molecule has 7 nitrogen and oxygen atoms in total. The molecule has 1 amide bonds. The molecular formula is C16H20N2O5. The topological polar surface area (TPSA) is 110 Å². The smallest absolute Gasteiger partial charge is 0.308 e. The van der Waals surface area contributed by atoms with E-state index in [4.69, 9.17) is 0 Å². The van der Waals surface area contributed by atoms with E-state index in [1.807, 2.05) is 0 Å². The highest BCUT2D eigenvalue weighted by atomic mass is 16.6. The largest absolute Gasteiger partial charge is 0.481 e. The Labute approximate surface area is 133 Å². The van der Waals surface area contributed by atoms with E-state index in [9.17, 15) is 24.8 Å². The Morgan fingerprint density at radius 1 is 1.26 bits per heavy atom. The maximum absolute atomic E-state index is 12.4. The first-order valence-corrected chi connectivity index (χ1v) is 7.69. The predicted molar refractivity (Wildman–Crippen MR) is 83.3 cm³/mol. The van der Waals surface area contributed by atoms with Gasteiger partial charge in [-0.2, -0.15) is 0 Å². The maximum Gasteiger partial charge on any atom is 0.308 e. The molecule has 2 atom stereocenters. The molecule has 0 aliphatic heterocycles. The molecule has 0 heterocycles. The minimum atomic E-state index is -0.910. The van der Waals surface area contributed by atoms with Crippen LogP contribution in [-0.2, 0) is 4.79 Å². The van der Waals surface area contributed by atoms with Crippen molar-refractivity contribution in [3.05, 3.63) is 39.4 Å². The van der Waals surface area contributed by atoms with E-state index in [2.05, 4.69) is 5.32 Å². The third kappa shape index (κ3) is 4.06. The summed E-state index contributed by atoms with van der Waals surface area (Å²) in [5.74, 6) is -1.99. The van der Waals surface area contributed by atoms with Gasteiger partial charge in [-0.05, 0) is 25.8 Å². The van der Waals surface area contributed by atoms with Gasteiger partial charge in [0, 0.05) is 23.2 Å². The van der Waals surface area contributed by atoms with Crippen molar-refractivity contribution in [2.75, 3.05) is 0 Å². The van der Waals surface area contributed by atoms with Gasteiger partial charge in [-0.25, -0.2) is 0 Å². The van der Waals surface area contributed by atoms with Gasteiger partial charge in [0.05, 0.1) is 10.8 Å². The van der Waals surface area contributed by atoms with Gasteiger partial charge in [-0.1, -0.05) is 25.3 Å². The van der Waals surface area contributed by atoms with Gasteiger partial charge in [0.25, 0.3) is 11.6 Å². The molecular weight excluding hydrogens is 300 g/mol. The van der Waals surface area contributed by atoms with Crippen molar-refractivity contribution in [1.82, 2.24) is 5.32 Å². The highest BCUT2D eigenvalue weighted by Gasteiger charge is 2.31. The number of hydrogen-bond acceptors (Lipinski definition) is 4. The Morgan fingerprint density at radius 3 is 2.61 bits per heavy atom. The summed E-state index contributed by atoms with van der Waals surface area (Å²) in [5.41, 5.74) is 0.536. The lowest BCUT2D eigenvalue weighted by Crippen LogP contribution is -2.42. The zero-order valence-corrected chi connectivity index (χ0v) is 12.9. The number of hydrogen-bond donors (Lipinski definition) is 2. The molecule has 2 N–H and O–H groups in total. The second-order valence-corrected chi connectivity index (χ2v) is 5.92. The maximum atomic E-state index is 12.4. The first kappa shape index (κ1) is 16.9. The quantitative estimate of drug-likeness (QED) is 0.503. The van der Waals surface area contributed by atoms with Crippen LogP contribution in [-0.4, -0.2) is 27.9 Å². The zero-order chi connectivity index (χ0) is 17.0. The number of amides is 1. The number of benzene rings is 1. The van der Waals surface area contributed by atoms with E-state index in [1.165, 1.54) is 18.2 Å². The van der Waals surface area contributed by atoms with Crippen LogP contribution in [0, 0.1) is 23.0 Å². The van der Waals surface area contributed by atoms with Crippen LogP contribution in [0.1, 0.15) is 48.0 Å². The summed E-state index contributed by atoms with van der Waals surface area (Å²) in [6.45, 7) is 1.60. The summed E-state index contributed by atoms with van der Waals surface area (Å²) in [5, 5.41) is 23.0. The van der Waals surface area contributed by atoms with Crippen molar-refractivity contribution in [2.45, 2.75) is 45.1 Å². The molecule has 1 aliphatic carbocycles. The molecule has 1 fully saturated rings. The van der Waals surface area contributed by atoms with Crippen LogP contribution in [0.15, 0.2) is 18.2 Å². The molecule has 0 unspecified atom stereocenters. The normalized spacial score (nSPS) is 21.3. The van der Waals surface area contributed by atoms with E-state index in [1.54, 1.807) is 6.92 Å². The van der Waals surface area contributed by atoms with Crippen molar-refractivity contribution in [2.24, 2.45) is 5.92 Å². The first-order valence-electron chi connectivity index (χ1n) is 7.69. The number of carbonyl (C=O) groups excluding carboxylic acids is 1. The van der Waals surface area contributed by atoms with Gasteiger partial charge in [0.1, 0.15) is 0 Å². The molecule has 0 saturated heterocycles. The standard InChI is InChI=1S/C16H20N2O5/c1-10-7-8-11(9-14(10)18(22)23)15(19)17-13-6-4-2-3-5-12(13)16(20)21/h7-9,12-13H,2-6H2,1H3,(H,17,19)(H,20,21)/t12-,13+/m1/s1. The molecule has 0 bridgehead atoms. The number of carboxylic acids is 1. The summed E-state index contributed by atoms with van der Waals surface area (Å²) in [4.78, 5) is 34.2. The van der Waals surface area contributed by atoms with Crippen LogP contribution in [0.2, 0.25) is 0 Å². The minimum Gasteiger partial charge on any atom is -0.481 e. The number of carboxylic acid groups (broad SMARTS) is 1. The number of aryl methyl sites for hydroxylation is 1. The predicted octanol–water partition coefficient (Wildman–Crippen LogP) is 2.67. The summed E-state index contributed by atoms with van der Waals surface area (Å²) in [6, 6.07) is 3.83. The lowest BCUT2D eigenvalue weighted by Gasteiger charge is -2.22. The van der Waals surface area contributed by atoms with Gasteiger partial charge in [0.15, 0.2) is 0 Å². The van der Waals surface area contributed by atoms with Crippen molar-refractivity contribution < 1.29 is 19.6 Å². The van der Waals surface area contributed by atoms with E-state index >= 15 is 0 Å². The number of rotatable bonds is 4. The molecule has 124 valence electrons. The molecule has 1 saturated carbocycles. The lowest BCUT2D eigenvalue weighted by atomic mass is 9.94. The SMILES string of the molecule is Cc1ccc(C(=O)N[C@H]2CCCCC[C@H]2C(=O)O)cc1[N+](=O)[O-]. The second kappa shape index (κ2) is 7.21. The fraction of sp³-hybridized carbons (Fsp3) is 0.500. The van der Waals surface area contributed by atoms with Crippen LogP contribution < -0.4 is 5.32 Å². The fourth-order valence-corrected chi connectivity index (χ4v) is 2.98. The number of nitro groups is 1. The van der Waals surface area contributed by atoms with E-state index in [-0.39, 0.29) is 11.3 Å². The van der Waals surface area contributed by atoms with Crippen molar-refractivity contribution in [3.8, 4) is 0 Å². The number of aliphatic carboxylic acids is 1. The molecule has 2 rings (SSSR count). The zero-order valence-electron chi connectivity index (χ0n) is 12.9. The summed E-state index contributed by atoms with van der Waals surface area (Å²) in [6.07, 6.45) is 3.79. The van der Waals surface area contributed by atoms with Crippen molar-refractivity contribution >= 4 is 17.6 Å². The highest BCUT2D eigenvalue weighted by Crippen LogP contribution is 2.25. The van der Waals surface area contributed by atoms with Crippen LogP contribution >= 0.6 is 0 Å². The molecule has 0 radical (unpaired) electrons. The Hall–Kier alpha value is -2.44. The van der Waals surface area contributed by atoms with E-state index in [0.29, 0.717) is 18.4 Å². The Balaban J connectivity index is 2.18. The Morgan fingerprint density at radius 2 is 1.96 bits per heavy atom. The highest BCUT2D eigenvalue weighted by molar-refractivity contribution is 5.95. The number of carbonyl (C=O) groups is 2. The first-order chi connectivity index (χ1) is 10.9. The number of nitrogens with zero attached hydrogens (tertiary/aromatic N) is 1. The number of nitrogens with one attached hydrogen (secondary N) is 1. The number of nitro benzene ring substituents is 1. The van der Waals surface area contributed by atoms with Crippen molar-refractivity contribution in [3.63, 3.8) is 0 Å². The Kier molecular flexibility index (Phi) is 5.31. The Bertz CT molecular complexity index is 629. The average molecular weight is 320 g/mol. The second-order valence-electron chi connectivity index (χ2n) is 5.92. The third-order valence-corrected chi connectivity index (χ3v) is 4.32. The monoisotopic (exact) mass is 320 g/mol. The van der Waals surface area contributed by atoms with E-state index in [0.717, 1.165) is 19.3 Å². The summed E-state index contributed by atoms with van der Waals surface area (Å²) < 4.78 is 0. The van der Waals surface area contributed by atoms with Crippen LogP contribution in [0.3, 0.4) is 0 Å². The molecule has 0 aromatic heterocycles. The summed E-state index contributed by atoms with van der Waals surface area (Å²) >= 11 is 0. The summed E-state index contributed by atoms with van der Waals surface area (Å²) in [7, 11) is 0. The lowest BCUT2D eigenvalue weighted by molar-refractivity contribution is -0.385. The third-order valence-electron chi connectivity index (χ3n) is 4.32. The molecule has 7 heteroatoms. The van der Waals surface area contributed by atoms with Gasteiger partial charge < -0.3 is 10.4 Å². The van der Waals surface area contributed by atoms with Crippen LogP contribution in [0.25, 0.3) is 0 Å². The van der Waals surface area contributed by atoms with E-state index < -0.39 is 28.8 Å². The molecule has 0 spiro atoms. The molecule has 1 aromatic rings. The molecule has 1 aromatic carbocycles. The van der Waals surface area contributed by atoms with Crippen LogP contribution in [0.5, 0.6) is 0 Å². The van der Waals surface area contributed by atoms with Gasteiger partial charge in [0.2, 0.25) is 0 Å². The van der Waals surface area contributed by atoms with Crippen molar-refractivity contribution in [1.29, 1.82) is 0 Å². The molecule has 1 aliphatic rings. The van der Waals surface area contributed by atoms with Gasteiger partial charge >= 0.3 is 5.97 Å². The average Bonchev–Trinajstić information content (AvgIpc) is 2.72.